The summed E-state index contributed by atoms with van der Waals surface area (Å²) in [4.78, 5) is 26.3. The van der Waals surface area contributed by atoms with Crippen LogP contribution < -0.4 is 10.4 Å². The summed E-state index contributed by atoms with van der Waals surface area (Å²) in [6, 6.07) is 8.94. The minimum absolute atomic E-state index is 0.161. The van der Waals surface area contributed by atoms with E-state index in [4.69, 9.17) is 37.1 Å². The number of esters is 1. The van der Waals surface area contributed by atoms with E-state index in [2.05, 4.69) is 4.90 Å². The molecular formula is C25H25Cl2NO5. The minimum atomic E-state index is -0.405. The van der Waals surface area contributed by atoms with Crippen molar-refractivity contribution in [2.24, 2.45) is 0 Å². The molecule has 0 fully saturated rings. The first-order chi connectivity index (χ1) is 15.7. The highest BCUT2D eigenvalue weighted by molar-refractivity contribution is 6.42. The molecule has 1 aliphatic heterocycles. The van der Waals surface area contributed by atoms with Crippen molar-refractivity contribution in [3.8, 4) is 5.75 Å². The molecule has 0 atom stereocenters. The number of rotatable bonds is 6. The number of nitrogens with zero attached hydrogens (tertiary/aromatic N) is 1. The molecular weight excluding hydrogens is 465 g/mol. The Hall–Kier alpha value is -2.54. The van der Waals surface area contributed by atoms with E-state index in [1.165, 1.54) is 6.07 Å². The third-order valence-corrected chi connectivity index (χ3v) is 6.23. The average Bonchev–Trinajstić information content (AvgIpc) is 2.74. The van der Waals surface area contributed by atoms with Crippen molar-refractivity contribution in [1.29, 1.82) is 0 Å². The number of carbonyl (C=O) groups is 1. The molecule has 2 aromatic carbocycles. The van der Waals surface area contributed by atoms with Gasteiger partial charge < -0.3 is 13.9 Å². The lowest BCUT2D eigenvalue weighted by atomic mass is 9.97. The molecule has 0 amide bonds. The average molecular weight is 490 g/mol. The van der Waals surface area contributed by atoms with Crippen LogP contribution in [0, 0.1) is 6.92 Å². The number of halogens is 2. The highest BCUT2D eigenvalue weighted by Gasteiger charge is 2.26. The van der Waals surface area contributed by atoms with E-state index < -0.39 is 5.63 Å². The first kappa shape index (κ1) is 23.6. The zero-order valence-electron chi connectivity index (χ0n) is 18.7. The van der Waals surface area contributed by atoms with Gasteiger partial charge in [-0.3, -0.25) is 9.69 Å². The molecule has 0 spiro atoms. The van der Waals surface area contributed by atoms with Gasteiger partial charge in [-0.1, -0.05) is 29.3 Å². The summed E-state index contributed by atoms with van der Waals surface area (Å²) in [5, 5.41) is 1.83. The molecule has 0 radical (unpaired) electrons. The van der Waals surface area contributed by atoms with Crippen molar-refractivity contribution in [3.63, 3.8) is 0 Å². The van der Waals surface area contributed by atoms with Gasteiger partial charge in [-0.2, -0.15) is 0 Å². The SMILES string of the molecule is Cc1cc(=O)oc2c3c(c(CCC(=O)OC(C)C)cc12)OCN(Cc1ccc(Cl)c(Cl)c1)C3. The molecule has 0 saturated heterocycles. The molecule has 2 heterocycles. The predicted octanol–water partition coefficient (Wildman–Crippen LogP) is 5.64. The van der Waals surface area contributed by atoms with Crippen molar-refractivity contribution in [2.75, 3.05) is 6.73 Å². The second-order valence-electron chi connectivity index (χ2n) is 8.52. The molecule has 3 aromatic rings. The Morgan fingerprint density at radius 3 is 2.70 bits per heavy atom. The minimum Gasteiger partial charge on any atom is -0.477 e. The van der Waals surface area contributed by atoms with E-state index in [0.29, 0.717) is 47.6 Å². The summed E-state index contributed by atoms with van der Waals surface area (Å²) in [7, 11) is 0. The topological polar surface area (TPSA) is 69.0 Å². The molecule has 174 valence electrons. The first-order valence-corrected chi connectivity index (χ1v) is 11.5. The molecule has 4 rings (SSSR count). The van der Waals surface area contributed by atoms with E-state index in [0.717, 1.165) is 27.6 Å². The monoisotopic (exact) mass is 489 g/mol. The summed E-state index contributed by atoms with van der Waals surface area (Å²) >= 11 is 12.2. The van der Waals surface area contributed by atoms with Crippen LogP contribution in [0.5, 0.6) is 5.75 Å². The predicted molar refractivity (Wildman–Crippen MR) is 128 cm³/mol. The van der Waals surface area contributed by atoms with Crippen LogP contribution in [0.2, 0.25) is 10.0 Å². The smallest absolute Gasteiger partial charge is 0.336 e. The fraction of sp³-hybridized carbons (Fsp3) is 0.360. The molecule has 33 heavy (non-hydrogen) atoms. The third kappa shape index (κ3) is 5.35. The van der Waals surface area contributed by atoms with Crippen LogP contribution in [0.25, 0.3) is 11.0 Å². The van der Waals surface area contributed by atoms with E-state index in [9.17, 15) is 9.59 Å². The summed E-state index contributed by atoms with van der Waals surface area (Å²) in [6.07, 6.45) is 0.544. The molecule has 1 aromatic heterocycles. The molecule has 0 unspecified atom stereocenters. The molecule has 0 N–H and O–H groups in total. The van der Waals surface area contributed by atoms with Crippen molar-refractivity contribution >= 4 is 40.1 Å². The highest BCUT2D eigenvalue weighted by Crippen LogP contribution is 2.37. The molecule has 8 heteroatoms. The summed E-state index contributed by atoms with van der Waals surface area (Å²) < 4.78 is 17.0. The number of fused-ring (bicyclic) bond motifs is 3. The molecule has 0 saturated carbocycles. The normalized spacial score (nSPS) is 13.8. The molecule has 1 aliphatic rings. The van der Waals surface area contributed by atoms with Gasteiger partial charge in [0.2, 0.25) is 0 Å². The van der Waals surface area contributed by atoms with Gasteiger partial charge in [0.05, 0.1) is 21.7 Å². The van der Waals surface area contributed by atoms with E-state index in [1.54, 1.807) is 6.07 Å². The van der Waals surface area contributed by atoms with Crippen molar-refractivity contribution < 1.29 is 18.7 Å². The zero-order valence-corrected chi connectivity index (χ0v) is 20.3. The van der Waals surface area contributed by atoms with Crippen LogP contribution in [0.15, 0.2) is 39.5 Å². The fourth-order valence-electron chi connectivity index (χ4n) is 4.05. The van der Waals surface area contributed by atoms with Crippen molar-refractivity contribution in [3.05, 3.63) is 73.1 Å². The van der Waals surface area contributed by atoms with Crippen LogP contribution in [-0.4, -0.2) is 23.7 Å². The van der Waals surface area contributed by atoms with Gasteiger partial charge in [-0.05, 0) is 62.1 Å². The number of carbonyl (C=O) groups excluding carboxylic acids is 1. The number of hydrogen-bond acceptors (Lipinski definition) is 6. The maximum Gasteiger partial charge on any atom is 0.336 e. The van der Waals surface area contributed by atoms with Crippen LogP contribution in [-0.2, 0) is 29.0 Å². The Kier molecular flexibility index (Phi) is 6.98. The number of benzene rings is 2. The Morgan fingerprint density at radius 2 is 1.97 bits per heavy atom. The fourth-order valence-corrected chi connectivity index (χ4v) is 4.37. The quantitative estimate of drug-likeness (QED) is 0.329. The second kappa shape index (κ2) is 9.75. The van der Waals surface area contributed by atoms with Crippen LogP contribution in [0.4, 0.5) is 0 Å². The Bertz CT molecular complexity index is 1270. The van der Waals surface area contributed by atoms with Gasteiger partial charge in [-0.15, -0.1) is 0 Å². The van der Waals surface area contributed by atoms with Gasteiger partial charge >= 0.3 is 11.6 Å². The number of ether oxygens (including phenoxy) is 2. The largest absolute Gasteiger partial charge is 0.477 e. The molecule has 0 bridgehead atoms. The van der Waals surface area contributed by atoms with Crippen LogP contribution in [0.1, 0.15) is 42.5 Å². The van der Waals surface area contributed by atoms with Crippen LogP contribution >= 0.6 is 23.2 Å². The Morgan fingerprint density at radius 1 is 1.18 bits per heavy atom. The van der Waals surface area contributed by atoms with Gasteiger partial charge in [0.15, 0.2) is 0 Å². The molecule has 0 aliphatic carbocycles. The standard InChI is InChI=1S/C25H25Cl2NO5/c1-14(2)32-22(29)7-5-17-10-18-15(3)8-23(30)33-25(18)19-12-28(13-31-24(17)19)11-16-4-6-20(26)21(27)9-16/h4,6,8-10,14H,5,7,11-13H2,1-3H3. The Balaban J connectivity index is 1.68. The maximum atomic E-state index is 12.1. The summed E-state index contributed by atoms with van der Waals surface area (Å²) in [5.74, 6) is 0.409. The lowest BCUT2D eigenvalue weighted by molar-refractivity contribution is -0.147. The van der Waals surface area contributed by atoms with Crippen LogP contribution in [0.3, 0.4) is 0 Å². The van der Waals surface area contributed by atoms with Gasteiger partial charge in [0, 0.05) is 31.0 Å². The van der Waals surface area contributed by atoms with Gasteiger partial charge in [-0.25, -0.2) is 4.79 Å². The molecule has 6 nitrogen and oxygen atoms in total. The lowest BCUT2D eigenvalue weighted by Crippen LogP contribution is -2.32. The third-order valence-electron chi connectivity index (χ3n) is 5.49. The second-order valence-corrected chi connectivity index (χ2v) is 9.33. The zero-order chi connectivity index (χ0) is 23.7. The maximum absolute atomic E-state index is 12.1. The Labute approximate surface area is 202 Å². The summed E-state index contributed by atoms with van der Waals surface area (Å²) in [6.45, 7) is 6.97. The number of aryl methyl sites for hydroxylation is 2. The van der Waals surface area contributed by atoms with Gasteiger partial charge in [0.1, 0.15) is 18.1 Å². The van der Waals surface area contributed by atoms with Crippen molar-refractivity contribution in [2.45, 2.75) is 52.8 Å². The van der Waals surface area contributed by atoms with E-state index in [-0.39, 0.29) is 18.5 Å². The highest BCUT2D eigenvalue weighted by atomic mass is 35.5. The van der Waals surface area contributed by atoms with Crippen molar-refractivity contribution in [1.82, 2.24) is 4.90 Å². The first-order valence-electron chi connectivity index (χ1n) is 10.8. The lowest BCUT2D eigenvalue weighted by Gasteiger charge is -2.31. The van der Waals surface area contributed by atoms with Gasteiger partial charge in [0.25, 0.3) is 0 Å². The van der Waals surface area contributed by atoms with E-state index in [1.807, 2.05) is 39.0 Å². The summed E-state index contributed by atoms with van der Waals surface area (Å²) in [5.41, 5.74) is 3.61. The number of hydrogen-bond donors (Lipinski definition) is 0. The van der Waals surface area contributed by atoms with E-state index >= 15 is 0 Å².